The molecule has 1 unspecified atom stereocenters. The minimum Gasteiger partial charge on any atom is -0.264 e. The molecular formula is C7H11FN2. The second kappa shape index (κ2) is 2.48. The molecule has 0 aliphatic carbocycles. The van der Waals surface area contributed by atoms with Crippen LogP contribution in [0.1, 0.15) is 20.8 Å². The maximum Gasteiger partial charge on any atom is 0.160 e. The molecule has 0 spiro atoms. The molecule has 2 atom stereocenters. The number of alkyl halides is 1. The molecule has 3 heteroatoms. The first-order chi connectivity index (χ1) is 4.61. The van der Waals surface area contributed by atoms with Crippen molar-refractivity contribution in [3.63, 3.8) is 0 Å². The lowest BCUT2D eigenvalue weighted by Crippen LogP contribution is -2.29. The normalized spacial score (nSPS) is 33.2. The van der Waals surface area contributed by atoms with E-state index in [2.05, 4.69) is 9.98 Å². The average molecular weight is 142 g/mol. The van der Waals surface area contributed by atoms with Crippen LogP contribution < -0.4 is 0 Å². The lowest BCUT2D eigenvalue weighted by Gasteiger charge is -2.17. The number of aliphatic imine (C=N–C) groups is 2. The molecule has 0 aromatic rings. The average Bonchev–Trinajstić information content (AvgIpc) is 1.82. The molecule has 0 amide bonds. The zero-order valence-electron chi connectivity index (χ0n) is 6.43. The summed E-state index contributed by atoms with van der Waals surface area (Å²) in [7, 11) is 0. The summed E-state index contributed by atoms with van der Waals surface area (Å²) < 4.78 is 12.9. The Morgan fingerprint density at radius 1 is 1.40 bits per heavy atom. The SMILES string of the molecule is CC1=N[C@H](C)C(F)C(C)=N1. The summed E-state index contributed by atoms with van der Waals surface area (Å²) in [6, 6.07) is -0.252. The van der Waals surface area contributed by atoms with E-state index < -0.39 is 6.17 Å². The third-order valence-corrected chi connectivity index (χ3v) is 1.55. The van der Waals surface area contributed by atoms with E-state index >= 15 is 0 Å². The Bertz CT molecular complexity index is 196. The van der Waals surface area contributed by atoms with Crippen molar-refractivity contribution in [1.82, 2.24) is 0 Å². The number of amidine groups is 1. The summed E-state index contributed by atoms with van der Waals surface area (Å²) >= 11 is 0. The summed E-state index contributed by atoms with van der Waals surface area (Å²) in [4.78, 5) is 7.87. The number of nitrogens with zero attached hydrogens (tertiary/aromatic N) is 2. The molecule has 2 nitrogen and oxygen atoms in total. The second-order valence-electron chi connectivity index (χ2n) is 2.57. The van der Waals surface area contributed by atoms with Gasteiger partial charge >= 0.3 is 0 Å². The molecular weight excluding hydrogens is 131 g/mol. The van der Waals surface area contributed by atoms with Gasteiger partial charge in [-0.2, -0.15) is 0 Å². The van der Waals surface area contributed by atoms with E-state index in [1.807, 2.05) is 0 Å². The van der Waals surface area contributed by atoms with E-state index in [-0.39, 0.29) is 6.04 Å². The van der Waals surface area contributed by atoms with E-state index in [0.717, 1.165) is 0 Å². The molecule has 1 rings (SSSR count). The smallest absolute Gasteiger partial charge is 0.160 e. The molecule has 0 aromatic heterocycles. The minimum absolute atomic E-state index is 0.252. The van der Waals surface area contributed by atoms with Gasteiger partial charge in [0.1, 0.15) is 5.84 Å². The summed E-state index contributed by atoms with van der Waals surface area (Å²) in [6.07, 6.45) is -0.983. The van der Waals surface area contributed by atoms with Crippen molar-refractivity contribution < 1.29 is 4.39 Å². The topological polar surface area (TPSA) is 24.7 Å². The molecule has 1 aliphatic heterocycles. The summed E-state index contributed by atoms with van der Waals surface area (Å²) in [5.74, 6) is 0.680. The molecule has 1 aliphatic rings. The first kappa shape index (κ1) is 7.38. The van der Waals surface area contributed by atoms with Crippen LogP contribution in [0, 0.1) is 0 Å². The van der Waals surface area contributed by atoms with Crippen molar-refractivity contribution in [1.29, 1.82) is 0 Å². The van der Waals surface area contributed by atoms with Gasteiger partial charge < -0.3 is 0 Å². The quantitative estimate of drug-likeness (QED) is 0.491. The number of hydrogen-bond acceptors (Lipinski definition) is 2. The highest BCUT2D eigenvalue weighted by Crippen LogP contribution is 2.11. The molecule has 56 valence electrons. The van der Waals surface area contributed by atoms with Gasteiger partial charge in [0.15, 0.2) is 6.17 Å². The Labute approximate surface area is 59.9 Å². The molecule has 0 bridgehead atoms. The van der Waals surface area contributed by atoms with E-state index in [0.29, 0.717) is 11.5 Å². The third-order valence-electron chi connectivity index (χ3n) is 1.55. The standard InChI is InChI=1S/C7H11FN2/c1-4-7(8)5(2)10-6(3)9-4/h4,7H,1-3H3/t4-,7?/m1/s1. The summed E-state index contributed by atoms with van der Waals surface area (Å²) in [5, 5.41) is 0. The Balaban J connectivity index is 2.85. The summed E-state index contributed by atoms with van der Waals surface area (Å²) in [5.41, 5.74) is 0.542. The van der Waals surface area contributed by atoms with Gasteiger partial charge in [0.25, 0.3) is 0 Å². The predicted molar refractivity (Wildman–Crippen MR) is 40.6 cm³/mol. The van der Waals surface area contributed by atoms with Gasteiger partial charge in [-0.05, 0) is 20.8 Å². The highest BCUT2D eigenvalue weighted by Gasteiger charge is 2.21. The summed E-state index contributed by atoms with van der Waals surface area (Å²) in [6.45, 7) is 5.23. The van der Waals surface area contributed by atoms with E-state index in [1.165, 1.54) is 0 Å². The third kappa shape index (κ3) is 1.23. The van der Waals surface area contributed by atoms with Crippen LogP contribution >= 0.6 is 0 Å². The molecule has 0 aromatic carbocycles. The van der Waals surface area contributed by atoms with E-state index in [9.17, 15) is 4.39 Å². The fourth-order valence-electron chi connectivity index (χ4n) is 1.05. The first-order valence-electron chi connectivity index (χ1n) is 3.35. The van der Waals surface area contributed by atoms with Gasteiger partial charge in [0.2, 0.25) is 0 Å². The Kier molecular flexibility index (Phi) is 1.83. The van der Waals surface area contributed by atoms with Crippen molar-refractivity contribution in [2.75, 3.05) is 0 Å². The second-order valence-corrected chi connectivity index (χ2v) is 2.57. The van der Waals surface area contributed by atoms with Crippen molar-refractivity contribution in [2.24, 2.45) is 9.98 Å². The molecule has 10 heavy (non-hydrogen) atoms. The van der Waals surface area contributed by atoms with Crippen molar-refractivity contribution in [3.8, 4) is 0 Å². The van der Waals surface area contributed by atoms with Gasteiger partial charge in [-0.1, -0.05) is 0 Å². The lowest BCUT2D eigenvalue weighted by molar-refractivity contribution is 0.373. The highest BCUT2D eigenvalue weighted by atomic mass is 19.1. The van der Waals surface area contributed by atoms with Crippen LogP contribution in [-0.2, 0) is 0 Å². The predicted octanol–water partition coefficient (Wildman–Crippen LogP) is 1.61. The fraction of sp³-hybridized carbons (Fsp3) is 0.714. The van der Waals surface area contributed by atoms with Gasteiger partial charge in [-0.3, -0.25) is 4.99 Å². The Hall–Kier alpha value is -0.730. The van der Waals surface area contributed by atoms with Crippen molar-refractivity contribution in [2.45, 2.75) is 33.0 Å². The largest absolute Gasteiger partial charge is 0.264 e. The van der Waals surface area contributed by atoms with Gasteiger partial charge in [0, 0.05) is 0 Å². The minimum atomic E-state index is -0.983. The Morgan fingerprint density at radius 3 is 2.50 bits per heavy atom. The number of halogens is 1. The Morgan fingerprint density at radius 2 is 2.00 bits per heavy atom. The highest BCUT2D eigenvalue weighted by molar-refractivity contribution is 6.00. The zero-order chi connectivity index (χ0) is 7.72. The van der Waals surface area contributed by atoms with Gasteiger partial charge in [0.05, 0.1) is 11.8 Å². The monoisotopic (exact) mass is 142 g/mol. The molecule has 0 radical (unpaired) electrons. The molecule has 1 heterocycles. The number of hydrogen-bond donors (Lipinski definition) is 0. The van der Waals surface area contributed by atoms with Crippen LogP contribution in [-0.4, -0.2) is 23.8 Å². The molecule has 0 saturated carbocycles. The van der Waals surface area contributed by atoms with E-state index in [4.69, 9.17) is 0 Å². The zero-order valence-corrected chi connectivity index (χ0v) is 6.43. The van der Waals surface area contributed by atoms with Crippen LogP contribution in [0.3, 0.4) is 0 Å². The van der Waals surface area contributed by atoms with Crippen molar-refractivity contribution in [3.05, 3.63) is 0 Å². The van der Waals surface area contributed by atoms with Crippen LogP contribution in [0.5, 0.6) is 0 Å². The molecule has 0 fully saturated rings. The number of rotatable bonds is 0. The van der Waals surface area contributed by atoms with Gasteiger partial charge in [-0.25, -0.2) is 9.38 Å². The first-order valence-corrected chi connectivity index (χ1v) is 3.35. The van der Waals surface area contributed by atoms with E-state index in [1.54, 1.807) is 20.8 Å². The van der Waals surface area contributed by atoms with Crippen LogP contribution in [0.15, 0.2) is 9.98 Å². The lowest BCUT2D eigenvalue weighted by atomic mass is 10.1. The molecule has 0 N–H and O–H groups in total. The fourth-order valence-corrected chi connectivity index (χ4v) is 1.05. The van der Waals surface area contributed by atoms with Crippen LogP contribution in [0.2, 0.25) is 0 Å². The maximum atomic E-state index is 12.9. The van der Waals surface area contributed by atoms with Crippen LogP contribution in [0.4, 0.5) is 4.39 Å². The molecule has 0 saturated heterocycles. The van der Waals surface area contributed by atoms with Crippen LogP contribution in [0.25, 0.3) is 0 Å². The maximum absolute atomic E-state index is 12.9. The van der Waals surface area contributed by atoms with Gasteiger partial charge in [-0.15, -0.1) is 0 Å². The van der Waals surface area contributed by atoms with Crippen molar-refractivity contribution >= 4 is 11.5 Å².